The molecule has 1 saturated heterocycles. The van der Waals surface area contributed by atoms with Crippen LogP contribution in [0, 0.1) is 5.41 Å². The van der Waals surface area contributed by atoms with E-state index in [1.807, 2.05) is 0 Å². The Kier molecular flexibility index (Phi) is 3.46. The summed E-state index contributed by atoms with van der Waals surface area (Å²) in [5.74, 6) is 0. The van der Waals surface area contributed by atoms with E-state index in [-0.39, 0.29) is 11.7 Å². The maximum Gasteiger partial charge on any atom is 0.410 e. The van der Waals surface area contributed by atoms with Crippen molar-refractivity contribution in [3.05, 3.63) is 0 Å². The fraction of sp³-hybridized carbons (Fsp3) is 0.933. The molecule has 108 valence electrons. The van der Waals surface area contributed by atoms with Gasteiger partial charge in [0.15, 0.2) is 0 Å². The van der Waals surface area contributed by atoms with Gasteiger partial charge in [-0.15, -0.1) is 0 Å². The van der Waals surface area contributed by atoms with Crippen molar-refractivity contribution in [3.8, 4) is 0 Å². The molecule has 0 unspecified atom stereocenters. The standard InChI is InChI=1S/C15H25NO3/c1-2-14-3-6-15(7-4-14,8-5-14)19-13(17)16-9-11-18-12-10-16/h2-12H2,1H3. The Morgan fingerprint density at radius 3 is 2.21 bits per heavy atom. The molecule has 0 aromatic rings. The summed E-state index contributed by atoms with van der Waals surface area (Å²) in [6, 6.07) is 0. The number of fused-ring (bicyclic) bond motifs is 3. The molecule has 4 rings (SSSR count). The van der Waals surface area contributed by atoms with Crippen LogP contribution in [-0.4, -0.2) is 42.9 Å². The average molecular weight is 267 g/mol. The third kappa shape index (κ3) is 2.47. The summed E-state index contributed by atoms with van der Waals surface area (Å²) in [5.41, 5.74) is 0.416. The summed E-state index contributed by atoms with van der Waals surface area (Å²) >= 11 is 0. The van der Waals surface area contributed by atoms with Gasteiger partial charge in [-0.05, 0) is 43.9 Å². The monoisotopic (exact) mass is 267 g/mol. The van der Waals surface area contributed by atoms with E-state index in [9.17, 15) is 4.79 Å². The second kappa shape index (κ2) is 4.97. The van der Waals surface area contributed by atoms with Crippen LogP contribution in [0.1, 0.15) is 51.9 Å². The Bertz CT molecular complexity index is 325. The Balaban J connectivity index is 1.59. The molecular formula is C15H25NO3. The van der Waals surface area contributed by atoms with Crippen LogP contribution in [-0.2, 0) is 9.47 Å². The van der Waals surface area contributed by atoms with Crippen LogP contribution in [0.4, 0.5) is 4.79 Å². The van der Waals surface area contributed by atoms with Gasteiger partial charge >= 0.3 is 6.09 Å². The van der Waals surface area contributed by atoms with Gasteiger partial charge in [0, 0.05) is 13.1 Å². The molecule has 3 aliphatic carbocycles. The van der Waals surface area contributed by atoms with E-state index in [4.69, 9.17) is 9.47 Å². The minimum atomic E-state index is -0.147. The minimum absolute atomic E-state index is 0.116. The van der Waals surface area contributed by atoms with Crippen LogP contribution in [0.2, 0.25) is 0 Å². The first kappa shape index (κ1) is 13.2. The highest BCUT2D eigenvalue weighted by molar-refractivity contribution is 5.68. The number of hydrogen-bond acceptors (Lipinski definition) is 3. The number of rotatable bonds is 2. The average Bonchev–Trinajstić information content (AvgIpc) is 2.50. The predicted octanol–water partition coefficient (Wildman–Crippen LogP) is 2.96. The smallest absolute Gasteiger partial charge is 0.410 e. The van der Waals surface area contributed by atoms with Gasteiger partial charge in [0.05, 0.1) is 13.2 Å². The van der Waals surface area contributed by atoms with Crippen molar-refractivity contribution in [1.82, 2.24) is 4.90 Å². The van der Waals surface area contributed by atoms with E-state index in [2.05, 4.69) is 6.92 Å². The molecule has 0 aromatic heterocycles. The third-order valence-electron chi connectivity index (χ3n) is 5.66. The normalized spacial score (nSPS) is 38.3. The van der Waals surface area contributed by atoms with Crippen LogP contribution in [0.5, 0.6) is 0 Å². The van der Waals surface area contributed by atoms with Crippen LogP contribution < -0.4 is 0 Å². The van der Waals surface area contributed by atoms with E-state index in [1.165, 1.54) is 25.7 Å². The van der Waals surface area contributed by atoms with E-state index < -0.39 is 0 Å². The molecule has 4 fully saturated rings. The Morgan fingerprint density at radius 2 is 1.68 bits per heavy atom. The first-order valence-corrected chi connectivity index (χ1v) is 7.73. The lowest BCUT2D eigenvalue weighted by atomic mass is 9.57. The molecule has 1 heterocycles. The fourth-order valence-corrected chi connectivity index (χ4v) is 3.91. The van der Waals surface area contributed by atoms with E-state index >= 15 is 0 Å². The molecule has 3 saturated carbocycles. The maximum absolute atomic E-state index is 12.2. The second-order valence-corrected chi connectivity index (χ2v) is 6.50. The van der Waals surface area contributed by atoms with Crippen molar-refractivity contribution < 1.29 is 14.3 Å². The summed E-state index contributed by atoms with van der Waals surface area (Å²) in [6.45, 7) is 4.93. The molecule has 4 nitrogen and oxygen atoms in total. The largest absolute Gasteiger partial charge is 0.443 e. The van der Waals surface area contributed by atoms with Crippen molar-refractivity contribution in [3.63, 3.8) is 0 Å². The highest BCUT2D eigenvalue weighted by atomic mass is 16.6. The van der Waals surface area contributed by atoms with Crippen LogP contribution in [0.25, 0.3) is 0 Å². The molecule has 0 spiro atoms. The number of carbonyl (C=O) groups is 1. The van der Waals surface area contributed by atoms with Gasteiger partial charge in [-0.1, -0.05) is 13.3 Å². The number of nitrogens with zero attached hydrogens (tertiary/aromatic N) is 1. The quantitative estimate of drug-likeness (QED) is 0.772. The van der Waals surface area contributed by atoms with Crippen molar-refractivity contribution in [2.75, 3.05) is 26.3 Å². The van der Waals surface area contributed by atoms with Crippen LogP contribution in [0.15, 0.2) is 0 Å². The second-order valence-electron chi connectivity index (χ2n) is 6.50. The lowest BCUT2D eigenvalue weighted by molar-refractivity contribution is -0.110. The first-order valence-electron chi connectivity index (χ1n) is 7.73. The van der Waals surface area contributed by atoms with Gasteiger partial charge in [-0.2, -0.15) is 0 Å². The zero-order valence-corrected chi connectivity index (χ0v) is 12.0. The summed E-state index contributed by atoms with van der Waals surface area (Å²) in [6.07, 6.45) is 8.07. The summed E-state index contributed by atoms with van der Waals surface area (Å²) in [4.78, 5) is 14.0. The predicted molar refractivity (Wildman–Crippen MR) is 72.0 cm³/mol. The van der Waals surface area contributed by atoms with Crippen molar-refractivity contribution >= 4 is 6.09 Å². The van der Waals surface area contributed by atoms with Crippen LogP contribution in [0.3, 0.4) is 0 Å². The number of morpholine rings is 1. The molecule has 4 aliphatic rings. The molecule has 0 atom stereocenters. The highest BCUT2D eigenvalue weighted by Gasteiger charge is 2.50. The molecule has 1 aliphatic heterocycles. The van der Waals surface area contributed by atoms with Crippen molar-refractivity contribution in [2.45, 2.75) is 57.5 Å². The van der Waals surface area contributed by atoms with Crippen LogP contribution >= 0.6 is 0 Å². The summed E-state index contributed by atoms with van der Waals surface area (Å²) in [5, 5.41) is 0. The Hall–Kier alpha value is -0.770. The van der Waals surface area contributed by atoms with Gasteiger partial charge in [0.2, 0.25) is 0 Å². The zero-order valence-electron chi connectivity index (χ0n) is 12.0. The minimum Gasteiger partial charge on any atom is -0.443 e. The Labute approximate surface area is 115 Å². The third-order valence-corrected chi connectivity index (χ3v) is 5.66. The lowest BCUT2D eigenvalue weighted by Gasteiger charge is -2.52. The van der Waals surface area contributed by atoms with Crippen molar-refractivity contribution in [2.24, 2.45) is 5.41 Å². The molecule has 2 bridgehead atoms. The Morgan fingerprint density at radius 1 is 1.11 bits per heavy atom. The fourth-order valence-electron chi connectivity index (χ4n) is 3.91. The SMILES string of the molecule is CCC12CCC(OC(=O)N3CCOCC3)(CC1)CC2. The molecular weight excluding hydrogens is 242 g/mol. The van der Waals surface area contributed by atoms with Gasteiger partial charge in [-0.3, -0.25) is 0 Å². The van der Waals surface area contributed by atoms with Gasteiger partial charge in [0.1, 0.15) is 5.60 Å². The maximum atomic E-state index is 12.2. The molecule has 0 radical (unpaired) electrons. The number of hydrogen-bond donors (Lipinski definition) is 0. The summed E-state index contributed by atoms with van der Waals surface area (Å²) < 4.78 is 11.2. The molecule has 4 heteroatoms. The van der Waals surface area contributed by atoms with E-state index in [0.29, 0.717) is 31.7 Å². The highest BCUT2D eigenvalue weighted by Crippen LogP contribution is 2.55. The number of carbonyl (C=O) groups excluding carboxylic acids is 1. The number of ether oxygens (including phenoxy) is 2. The van der Waals surface area contributed by atoms with Gasteiger partial charge < -0.3 is 14.4 Å². The topological polar surface area (TPSA) is 38.8 Å². The number of amides is 1. The lowest BCUT2D eigenvalue weighted by Crippen LogP contribution is -2.51. The van der Waals surface area contributed by atoms with E-state index in [1.54, 1.807) is 4.90 Å². The van der Waals surface area contributed by atoms with Gasteiger partial charge in [0.25, 0.3) is 0 Å². The van der Waals surface area contributed by atoms with E-state index in [0.717, 1.165) is 19.3 Å². The zero-order chi connectivity index (χ0) is 13.3. The molecule has 1 amide bonds. The molecule has 19 heavy (non-hydrogen) atoms. The first-order chi connectivity index (χ1) is 9.17. The van der Waals surface area contributed by atoms with Gasteiger partial charge in [-0.25, -0.2) is 4.79 Å². The van der Waals surface area contributed by atoms with Crippen molar-refractivity contribution in [1.29, 1.82) is 0 Å². The molecule has 0 N–H and O–H groups in total. The summed E-state index contributed by atoms with van der Waals surface area (Å²) in [7, 11) is 0. The molecule has 0 aromatic carbocycles.